The maximum absolute atomic E-state index is 12.5. The fourth-order valence-corrected chi connectivity index (χ4v) is 3.69. The zero-order valence-corrected chi connectivity index (χ0v) is 17.8. The second kappa shape index (κ2) is 9.65. The van der Waals surface area contributed by atoms with E-state index in [1.54, 1.807) is 25.7 Å². The average Bonchev–Trinajstić information content (AvgIpc) is 3.22. The van der Waals surface area contributed by atoms with E-state index in [1.165, 1.54) is 0 Å². The van der Waals surface area contributed by atoms with Crippen molar-refractivity contribution in [2.24, 2.45) is 4.99 Å². The zero-order chi connectivity index (χ0) is 21.6. The number of pyridine rings is 2. The van der Waals surface area contributed by atoms with Crippen LogP contribution in [0.5, 0.6) is 0 Å². The van der Waals surface area contributed by atoms with Crippen LogP contribution in [0.4, 0.5) is 10.2 Å². The van der Waals surface area contributed by atoms with Crippen molar-refractivity contribution in [2.45, 2.75) is 13.0 Å². The number of H-pyrrole nitrogens is 1. The van der Waals surface area contributed by atoms with Crippen LogP contribution in [0.1, 0.15) is 12.6 Å². The first kappa shape index (κ1) is 20.9. The smallest absolute Gasteiger partial charge is 0.129 e. The van der Waals surface area contributed by atoms with Gasteiger partial charge in [-0.2, -0.15) is 5.10 Å². The van der Waals surface area contributed by atoms with Crippen LogP contribution >= 0.6 is 0 Å². The van der Waals surface area contributed by atoms with Gasteiger partial charge in [0.1, 0.15) is 18.2 Å². The maximum atomic E-state index is 12.5. The summed E-state index contributed by atoms with van der Waals surface area (Å²) in [5.41, 5.74) is 3.89. The predicted octanol–water partition coefficient (Wildman–Crippen LogP) is 2.42. The van der Waals surface area contributed by atoms with E-state index in [0.29, 0.717) is 6.04 Å². The number of piperazine rings is 1. The molecule has 31 heavy (non-hydrogen) atoms. The molecule has 3 aromatic heterocycles. The molecule has 0 aliphatic carbocycles. The van der Waals surface area contributed by atoms with E-state index in [-0.39, 0.29) is 6.54 Å². The van der Waals surface area contributed by atoms with E-state index in [4.69, 9.17) is 4.98 Å². The number of hydrogen-bond acceptors (Lipinski definition) is 7. The lowest BCUT2D eigenvalue weighted by molar-refractivity contribution is 0.482. The van der Waals surface area contributed by atoms with Crippen LogP contribution in [0.2, 0.25) is 0 Å². The zero-order valence-electron chi connectivity index (χ0n) is 17.8. The lowest BCUT2D eigenvalue weighted by Crippen LogP contribution is -2.49. The molecule has 3 N–H and O–H groups in total. The van der Waals surface area contributed by atoms with Crippen LogP contribution in [0, 0.1) is 0 Å². The third-order valence-corrected chi connectivity index (χ3v) is 5.18. The minimum Gasteiger partial charge on any atom is -0.388 e. The van der Waals surface area contributed by atoms with Gasteiger partial charge in [0, 0.05) is 62.6 Å². The van der Waals surface area contributed by atoms with Crippen LogP contribution in [0.25, 0.3) is 27.9 Å². The second-order valence-electron chi connectivity index (χ2n) is 7.50. The molecule has 1 aliphatic rings. The van der Waals surface area contributed by atoms with E-state index in [9.17, 15) is 4.39 Å². The van der Waals surface area contributed by atoms with Gasteiger partial charge in [0.15, 0.2) is 0 Å². The Balaban J connectivity index is 1.69. The van der Waals surface area contributed by atoms with E-state index in [1.807, 2.05) is 24.3 Å². The number of aliphatic imine (C=N–C) groups is 1. The number of halogens is 1. The van der Waals surface area contributed by atoms with Gasteiger partial charge in [-0.05, 0) is 25.1 Å². The molecule has 0 saturated carbocycles. The Bertz CT molecular complexity index is 1090. The average molecular weight is 423 g/mol. The van der Waals surface area contributed by atoms with Crippen molar-refractivity contribution in [2.75, 3.05) is 44.8 Å². The number of allylic oxidation sites excluding steroid dienone is 1. The molecule has 0 amide bonds. The molecule has 1 aliphatic heterocycles. The van der Waals surface area contributed by atoms with Gasteiger partial charge in [0.2, 0.25) is 0 Å². The number of aromatic amines is 1. The van der Waals surface area contributed by atoms with E-state index >= 15 is 0 Å². The SMILES string of the molecule is CN=C/C(=C\NCCF)c1cc2c(-c3cccc(N4CCN[C@H](C)C4)n3)n[nH]c2cn1. The maximum Gasteiger partial charge on any atom is 0.129 e. The summed E-state index contributed by atoms with van der Waals surface area (Å²) in [7, 11) is 1.69. The van der Waals surface area contributed by atoms with E-state index in [0.717, 1.165) is 59.0 Å². The molecule has 162 valence electrons. The molecule has 1 atom stereocenters. The summed E-state index contributed by atoms with van der Waals surface area (Å²) in [6.45, 7) is 4.76. The molecule has 0 spiro atoms. The highest BCUT2D eigenvalue weighted by Gasteiger charge is 2.18. The summed E-state index contributed by atoms with van der Waals surface area (Å²) in [4.78, 5) is 15.8. The minimum absolute atomic E-state index is 0.238. The van der Waals surface area contributed by atoms with Gasteiger partial charge in [-0.1, -0.05) is 6.07 Å². The first-order valence-corrected chi connectivity index (χ1v) is 10.4. The third-order valence-electron chi connectivity index (χ3n) is 5.18. The number of nitrogens with zero attached hydrogens (tertiary/aromatic N) is 5. The van der Waals surface area contributed by atoms with Crippen molar-refractivity contribution >= 4 is 28.5 Å². The highest BCUT2D eigenvalue weighted by molar-refractivity contribution is 6.10. The second-order valence-corrected chi connectivity index (χ2v) is 7.50. The number of rotatable bonds is 7. The lowest BCUT2D eigenvalue weighted by atomic mass is 10.1. The largest absolute Gasteiger partial charge is 0.388 e. The predicted molar refractivity (Wildman–Crippen MR) is 123 cm³/mol. The van der Waals surface area contributed by atoms with Gasteiger partial charge < -0.3 is 15.5 Å². The van der Waals surface area contributed by atoms with Crippen LogP contribution in [-0.4, -0.2) is 72.3 Å². The Kier molecular flexibility index (Phi) is 6.51. The first-order chi connectivity index (χ1) is 15.2. The number of anilines is 1. The molecule has 0 aromatic carbocycles. The molecule has 4 heterocycles. The van der Waals surface area contributed by atoms with Crippen LogP contribution in [0.15, 0.2) is 41.7 Å². The van der Waals surface area contributed by atoms with Crippen LogP contribution < -0.4 is 15.5 Å². The topological polar surface area (TPSA) is 94.1 Å². The molecule has 0 radical (unpaired) electrons. The molecule has 8 nitrogen and oxygen atoms in total. The fourth-order valence-electron chi connectivity index (χ4n) is 3.69. The molecule has 1 fully saturated rings. The van der Waals surface area contributed by atoms with Crippen molar-refractivity contribution in [1.29, 1.82) is 0 Å². The van der Waals surface area contributed by atoms with Crippen molar-refractivity contribution in [3.63, 3.8) is 0 Å². The Morgan fingerprint density at radius 1 is 1.42 bits per heavy atom. The highest BCUT2D eigenvalue weighted by Crippen LogP contribution is 2.28. The molecular weight excluding hydrogens is 395 g/mol. The van der Waals surface area contributed by atoms with Gasteiger partial charge in [-0.15, -0.1) is 0 Å². The normalized spacial score (nSPS) is 17.6. The van der Waals surface area contributed by atoms with Crippen LogP contribution in [0.3, 0.4) is 0 Å². The summed E-state index contributed by atoms with van der Waals surface area (Å²) in [5.74, 6) is 0.949. The standard InChI is InChI=1S/C22H27FN8/c1-15-14-31(9-8-26-15)21-5-3-4-18(28-21)22-17-10-19(27-13-20(17)29-30-22)16(11-24-2)12-25-7-6-23/h3-5,10-13,15,25-26H,6-9,14H2,1-2H3,(H,29,30)/b16-12+,24-11?/t15-/m1/s1. The summed E-state index contributed by atoms with van der Waals surface area (Å²) >= 11 is 0. The molecule has 0 unspecified atom stereocenters. The van der Waals surface area contributed by atoms with Gasteiger partial charge >= 0.3 is 0 Å². The van der Waals surface area contributed by atoms with Gasteiger partial charge in [-0.25, -0.2) is 9.37 Å². The van der Waals surface area contributed by atoms with Crippen molar-refractivity contribution in [3.05, 3.63) is 42.4 Å². The Morgan fingerprint density at radius 2 is 2.32 bits per heavy atom. The molecular formula is C22H27FN8. The fraction of sp³-hybridized carbons (Fsp3) is 0.364. The van der Waals surface area contributed by atoms with Gasteiger partial charge in [0.05, 0.1) is 23.1 Å². The Hall–Kier alpha value is -3.33. The number of fused-ring (bicyclic) bond motifs is 1. The van der Waals surface area contributed by atoms with E-state index < -0.39 is 6.67 Å². The van der Waals surface area contributed by atoms with Crippen molar-refractivity contribution in [1.82, 2.24) is 30.8 Å². The van der Waals surface area contributed by atoms with Crippen molar-refractivity contribution in [3.8, 4) is 11.4 Å². The lowest BCUT2D eigenvalue weighted by Gasteiger charge is -2.32. The highest BCUT2D eigenvalue weighted by atomic mass is 19.1. The Labute approximate surface area is 180 Å². The van der Waals surface area contributed by atoms with Gasteiger partial charge in [-0.3, -0.25) is 15.1 Å². The van der Waals surface area contributed by atoms with E-state index in [2.05, 4.69) is 42.6 Å². The minimum atomic E-state index is -0.445. The quantitative estimate of drug-likeness (QED) is 0.400. The number of aromatic nitrogens is 4. The number of hydrogen-bond donors (Lipinski definition) is 3. The first-order valence-electron chi connectivity index (χ1n) is 10.4. The molecule has 3 aromatic rings. The molecule has 9 heteroatoms. The number of nitrogens with one attached hydrogen (secondary N) is 3. The molecule has 1 saturated heterocycles. The van der Waals surface area contributed by atoms with Crippen LogP contribution in [-0.2, 0) is 0 Å². The third kappa shape index (κ3) is 4.72. The summed E-state index contributed by atoms with van der Waals surface area (Å²) in [6, 6.07) is 8.41. The monoisotopic (exact) mass is 422 g/mol. The Morgan fingerprint density at radius 3 is 3.13 bits per heavy atom. The summed E-state index contributed by atoms with van der Waals surface area (Å²) < 4.78 is 12.5. The summed E-state index contributed by atoms with van der Waals surface area (Å²) in [6.07, 6.45) is 5.17. The van der Waals surface area contributed by atoms with Gasteiger partial charge in [0.25, 0.3) is 0 Å². The molecule has 4 rings (SSSR count). The summed E-state index contributed by atoms with van der Waals surface area (Å²) in [5, 5.41) is 14.9. The van der Waals surface area contributed by atoms with Crippen molar-refractivity contribution < 1.29 is 4.39 Å². The number of alkyl halides is 1. The molecule has 0 bridgehead atoms.